The largest absolute Gasteiger partial charge is 0.388 e. The Hall–Kier alpha value is -3.87. The maximum atomic E-state index is 10.3. The van der Waals surface area contributed by atoms with E-state index in [-0.39, 0.29) is 0 Å². The number of nitrogens with zero attached hydrogens (tertiary/aromatic N) is 5. The molecule has 5 N–H and O–H groups in total. The maximum Gasteiger partial charge on any atom is 0.153 e. The van der Waals surface area contributed by atoms with Gasteiger partial charge in [0.25, 0.3) is 0 Å². The van der Waals surface area contributed by atoms with E-state index in [2.05, 4.69) is 71.8 Å². The lowest BCUT2D eigenvalue weighted by Gasteiger charge is -2.35. The van der Waals surface area contributed by atoms with Crippen molar-refractivity contribution in [2.24, 2.45) is 5.92 Å². The molecule has 1 aliphatic carbocycles. The second-order valence-electron chi connectivity index (χ2n) is 11.2. The minimum Gasteiger partial charge on any atom is -0.388 e. The molecule has 0 spiro atoms. The lowest BCUT2D eigenvalue weighted by atomic mass is 10.1. The molecule has 47 heavy (non-hydrogen) atoms. The van der Waals surface area contributed by atoms with Gasteiger partial charge in [-0.15, -0.1) is 0 Å². The van der Waals surface area contributed by atoms with Gasteiger partial charge < -0.3 is 30.3 Å². The molecule has 1 saturated heterocycles. The molecule has 1 saturated carbocycles. The van der Waals surface area contributed by atoms with Crippen molar-refractivity contribution in [2.45, 2.75) is 79.6 Å². The fraction of sp³-hybridized carbons (Fsp3) is 0.571. The summed E-state index contributed by atoms with van der Waals surface area (Å²) in [6.45, 7) is 15.2. The summed E-state index contributed by atoms with van der Waals surface area (Å²) in [5.74, 6) is 3.71. The first-order valence-electron chi connectivity index (χ1n) is 16.9. The van der Waals surface area contributed by atoms with Gasteiger partial charge in [0.15, 0.2) is 5.82 Å². The van der Waals surface area contributed by atoms with Crippen molar-refractivity contribution in [3.8, 4) is 0 Å². The second-order valence-corrected chi connectivity index (χ2v) is 11.2. The van der Waals surface area contributed by atoms with Crippen molar-refractivity contribution in [3.63, 3.8) is 0 Å². The van der Waals surface area contributed by atoms with Gasteiger partial charge in [-0.3, -0.25) is 10.00 Å². The molecule has 2 aromatic heterocycles. The number of hydroxylamine groups is 1. The van der Waals surface area contributed by atoms with Crippen LogP contribution in [0.1, 0.15) is 75.9 Å². The van der Waals surface area contributed by atoms with Crippen LogP contribution in [0.15, 0.2) is 36.4 Å². The molecular formula is C35H59N9O3. The lowest BCUT2D eigenvalue weighted by Crippen LogP contribution is -2.47. The van der Waals surface area contributed by atoms with Crippen LogP contribution < -0.4 is 21.0 Å². The van der Waals surface area contributed by atoms with Gasteiger partial charge in [-0.1, -0.05) is 44.4 Å². The van der Waals surface area contributed by atoms with E-state index in [1.807, 2.05) is 46.9 Å². The Morgan fingerprint density at radius 1 is 0.894 bits per heavy atom. The number of nitrogens with one attached hydrogen (secondary N) is 4. The maximum absolute atomic E-state index is 10.3. The quantitative estimate of drug-likeness (QED) is 0.0878. The Bertz CT molecular complexity index is 1230. The van der Waals surface area contributed by atoms with Crippen LogP contribution in [0.4, 0.5) is 23.1 Å². The van der Waals surface area contributed by atoms with Gasteiger partial charge in [0.2, 0.25) is 0 Å². The Morgan fingerprint density at radius 3 is 2.04 bits per heavy atom. The van der Waals surface area contributed by atoms with Gasteiger partial charge in [0, 0.05) is 76.1 Å². The summed E-state index contributed by atoms with van der Waals surface area (Å²) in [6, 6.07) is 12.3. The topological polar surface area (TPSA) is 151 Å². The fourth-order valence-corrected chi connectivity index (χ4v) is 4.46. The minimum absolute atomic E-state index is 0.454. The predicted octanol–water partition coefficient (Wildman–Crippen LogP) is 6.08. The zero-order valence-corrected chi connectivity index (χ0v) is 29.7. The van der Waals surface area contributed by atoms with E-state index < -0.39 is 0 Å². The van der Waals surface area contributed by atoms with Crippen LogP contribution in [-0.2, 0) is 9.59 Å². The van der Waals surface area contributed by atoms with Crippen LogP contribution in [0, 0.1) is 26.7 Å². The molecule has 0 unspecified atom stereocenters. The average molecular weight is 654 g/mol. The Morgan fingerprint density at radius 2 is 1.53 bits per heavy atom. The summed E-state index contributed by atoms with van der Waals surface area (Å²) in [5.41, 5.74) is 5.22. The van der Waals surface area contributed by atoms with Crippen LogP contribution >= 0.6 is 0 Å². The molecule has 1 aromatic carbocycles. The first kappa shape index (κ1) is 41.2. The molecule has 12 nitrogen and oxygen atoms in total. The van der Waals surface area contributed by atoms with E-state index in [1.54, 1.807) is 5.48 Å². The number of carbonyl (C=O) groups excluding carboxylic acids is 2. The molecule has 3 aromatic rings. The highest BCUT2D eigenvalue weighted by Crippen LogP contribution is 2.25. The number of aromatic nitrogens is 4. The molecule has 1 aliphatic heterocycles. The highest BCUT2D eigenvalue weighted by atomic mass is 16.5. The number of unbranched alkanes of at least 4 members (excludes halogenated alkanes) is 4. The number of rotatable bonds is 12. The third-order valence-electron chi connectivity index (χ3n) is 7.18. The van der Waals surface area contributed by atoms with Gasteiger partial charge in [-0.2, -0.15) is 5.10 Å². The van der Waals surface area contributed by atoms with Crippen molar-refractivity contribution in [1.82, 2.24) is 30.5 Å². The van der Waals surface area contributed by atoms with Gasteiger partial charge >= 0.3 is 0 Å². The number of hydrogen-bond acceptors (Lipinski definition) is 11. The van der Waals surface area contributed by atoms with E-state index >= 15 is 0 Å². The molecular weight excluding hydrogens is 594 g/mol. The smallest absolute Gasteiger partial charge is 0.153 e. The van der Waals surface area contributed by atoms with Crippen LogP contribution in [-0.4, -0.2) is 89.7 Å². The van der Waals surface area contributed by atoms with Crippen LogP contribution in [0.2, 0.25) is 0 Å². The summed E-state index contributed by atoms with van der Waals surface area (Å²) in [4.78, 5) is 33.9. The number of aldehydes is 2. The first-order chi connectivity index (χ1) is 22.8. The van der Waals surface area contributed by atoms with Gasteiger partial charge in [-0.25, -0.2) is 15.4 Å². The summed E-state index contributed by atoms with van der Waals surface area (Å²) in [6.07, 6.45) is 9.64. The molecule has 0 radical (unpaired) electrons. The van der Waals surface area contributed by atoms with Gasteiger partial charge in [-0.05, 0) is 65.1 Å². The molecule has 12 heteroatoms. The number of anilines is 4. The van der Waals surface area contributed by atoms with Crippen LogP contribution in [0.25, 0.3) is 0 Å². The fourth-order valence-electron chi connectivity index (χ4n) is 4.46. The Kier molecular flexibility index (Phi) is 22.1. The number of aryl methyl sites for hydroxylation is 3. The molecule has 2 aliphatic rings. The van der Waals surface area contributed by atoms with E-state index in [0.717, 1.165) is 100.0 Å². The van der Waals surface area contributed by atoms with Gasteiger partial charge in [0.1, 0.15) is 30.0 Å². The first-order valence-corrected chi connectivity index (χ1v) is 16.9. The molecule has 0 atom stereocenters. The van der Waals surface area contributed by atoms with E-state index in [1.165, 1.54) is 31.1 Å². The minimum atomic E-state index is 0.454. The van der Waals surface area contributed by atoms with Crippen molar-refractivity contribution in [2.75, 3.05) is 62.4 Å². The van der Waals surface area contributed by atoms with Crippen LogP contribution in [0.5, 0.6) is 0 Å². The summed E-state index contributed by atoms with van der Waals surface area (Å²) < 4.78 is 0. The molecule has 2 fully saturated rings. The Labute approximate surface area is 282 Å². The number of benzene rings is 1. The predicted molar refractivity (Wildman–Crippen MR) is 193 cm³/mol. The van der Waals surface area contributed by atoms with Crippen molar-refractivity contribution >= 4 is 35.7 Å². The molecule has 0 amide bonds. The molecule has 3 heterocycles. The van der Waals surface area contributed by atoms with Crippen molar-refractivity contribution in [1.29, 1.82) is 0 Å². The summed E-state index contributed by atoms with van der Waals surface area (Å²) in [7, 11) is 3.35. The standard InChI is InChI=1S/C20H31N7O.C8H11N.C4H6O.C2H6.CH5NO/c1-16-14-19(25-24-16)23-18-15-20(22-17(2)21-18)27-11-9-26(10-12-27)8-6-4-3-5-7-13-28;1-7-3-5-8(9-2)6-4-7;5-3-4-1-2-4;1-2;1-2-3/h13-15H,3-12H2,1-2H3,(H2,21,22,23,24,25);3-6,9H,1-2H3;3-4H,1-2H2;1-2H3;2-3H,1H3. The number of piperazine rings is 1. The zero-order valence-electron chi connectivity index (χ0n) is 29.7. The monoisotopic (exact) mass is 653 g/mol. The van der Waals surface area contributed by atoms with Gasteiger partial charge in [0.05, 0.1) is 0 Å². The lowest BCUT2D eigenvalue weighted by molar-refractivity contribution is -0.109. The number of aromatic amines is 1. The second kappa shape index (κ2) is 25.2. The summed E-state index contributed by atoms with van der Waals surface area (Å²) >= 11 is 0. The SMILES string of the molecule is CC.CNO.CNc1ccc(C)cc1.Cc1nc(Nc2cc(C)[nH]n2)cc(N2CCN(CCCCCCC=O)CC2)n1.O=CC1CC1. The van der Waals surface area contributed by atoms with E-state index in [4.69, 9.17) is 5.21 Å². The zero-order chi connectivity index (χ0) is 34.9. The third-order valence-corrected chi connectivity index (χ3v) is 7.18. The number of hydrogen-bond donors (Lipinski definition) is 5. The van der Waals surface area contributed by atoms with Crippen molar-refractivity contribution in [3.05, 3.63) is 53.5 Å². The average Bonchev–Trinajstić information content (AvgIpc) is 3.85. The highest BCUT2D eigenvalue weighted by molar-refractivity contribution is 5.57. The van der Waals surface area contributed by atoms with E-state index in [9.17, 15) is 9.59 Å². The van der Waals surface area contributed by atoms with Crippen molar-refractivity contribution < 1.29 is 14.8 Å². The van der Waals surface area contributed by atoms with E-state index in [0.29, 0.717) is 12.3 Å². The molecule has 262 valence electrons. The summed E-state index contributed by atoms with van der Waals surface area (Å²) in [5, 5.41) is 20.8. The number of carbonyl (C=O) groups is 2. The van der Waals surface area contributed by atoms with Crippen LogP contribution in [0.3, 0.4) is 0 Å². The molecule has 5 rings (SSSR count). The normalized spacial score (nSPS) is 13.6. The molecule has 0 bridgehead atoms. The Balaban J connectivity index is 0.000000471. The highest BCUT2D eigenvalue weighted by Gasteiger charge is 2.19. The third kappa shape index (κ3) is 18.8. The number of H-pyrrole nitrogens is 1.